The smallest absolute Gasteiger partial charge is 0.341 e. The largest absolute Gasteiger partial charge is 0.497 e. The van der Waals surface area contributed by atoms with Gasteiger partial charge in [-0.25, -0.2) is 4.79 Å². The number of esters is 1. The maximum absolute atomic E-state index is 13.6. The van der Waals surface area contributed by atoms with Crippen LogP contribution in [0.15, 0.2) is 36.4 Å². The molecule has 3 aromatic carbocycles. The summed E-state index contributed by atoms with van der Waals surface area (Å²) >= 11 is 0. The van der Waals surface area contributed by atoms with E-state index in [9.17, 15) is 24.5 Å². The van der Waals surface area contributed by atoms with Crippen molar-refractivity contribution >= 4 is 34.8 Å². The van der Waals surface area contributed by atoms with Crippen molar-refractivity contribution in [3.8, 4) is 34.5 Å². The Bertz CT molecular complexity index is 1570. The summed E-state index contributed by atoms with van der Waals surface area (Å²) in [5, 5.41) is 16.9. The molecule has 0 heterocycles. The van der Waals surface area contributed by atoms with Crippen molar-refractivity contribution in [2.45, 2.75) is 0 Å². The van der Waals surface area contributed by atoms with Crippen LogP contribution in [0.25, 0.3) is 0 Å². The second-order valence-electron chi connectivity index (χ2n) is 8.40. The van der Waals surface area contributed by atoms with E-state index < -0.39 is 28.4 Å². The third-order valence-electron chi connectivity index (χ3n) is 6.07. The molecule has 0 aliphatic rings. The molecular formula is C28H29N3O12. The number of ether oxygens (including phenoxy) is 7. The van der Waals surface area contributed by atoms with Gasteiger partial charge in [-0.1, -0.05) is 0 Å². The monoisotopic (exact) mass is 599 g/mol. The SMILES string of the molecule is COC(=O)c1cc(OC)cc(NC(=O)c2cc(OC)cc(NC(=O)c3cc(OC)cc([N+](=O)[O-])c3OC)c2OC)c1OC. The first kappa shape index (κ1) is 31.8. The average Bonchev–Trinajstić information content (AvgIpc) is 3.02. The molecule has 3 aromatic rings. The molecule has 0 aliphatic heterocycles. The first-order valence-corrected chi connectivity index (χ1v) is 12.2. The van der Waals surface area contributed by atoms with Gasteiger partial charge in [0, 0.05) is 12.1 Å². The Labute approximate surface area is 245 Å². The second kappa shape index (κ2) is 13.8. The normalized spacial score (nSPS) is 10.2. The van der Waals surface area contributed by atoms with Gasteiger partial charge in [-0.3, -0.25) is 19.7 Å². The van der Waals surface area contributed by atoms with Crippen LogP contribution in [0.4, 0.5) is 17.1 Å². The van der Waals surface area contributed by atoms with E-state index in [4.69, 9.17) is 33.2 Å². The molecule has 0 atom stereocenters. The van der Waals surface area contributed by atoms with Crippen molar-refractivity contribution in [1.29, 1.82) is 0 Å². The van der Waals surface area contributed by atoms with Crippen molar-refractivity contribution in [2.75, 3.05) is 60.4 Å². The summed E-state index contributed by atoms with van der Waals surface area (Å²) in [6, 6.07) is 7.93. The van der Waals surface area contributed by atoms with E-state index in [-0.39, 0.29) is 62.6 Å². The number of benzene rings is 3. The Balaban J connectivity index is 2.11. The second-order valence-corrected chi connectivity index (χ2v) is 8.40. The van der Waals surface area contributed by atoms with E-state index in [1.165, 1.54) is 80.1 Å². The van der Waals surface area contributed by atoms with Crippen LogP contribution in [0.3, 0.4) is 0 Å². The van der Waals surface area contributed by atoms with Gasteiger partial charge in [-0.2, -0.15) is 0 Å². The van der Waals surface area contributed by atoms with Gasteiger partial charge in [0.1, 0.15) is 22.8 Å². The van der Waals surface area contributed by atoms with E-state index in [1.807, 2.05) is 0 Å². The molecule has 228 valence electrons. The van der Waals surface area contributed by atoms with Crippen LogP contribution < -0.4 is 39.1 Å². The highest BCUT2D eigenvalue weighted by Gasteiger charge is 2.28. The van der Waals surface area contributed by atoms with Gasteiger partial charge in [0.25, 0.3) is 11.8 Å². The van der Waals surface area contributed by atoms with Crippen LogP contribution in [-0.4, -0.2) is 72.5 Å². The van der Waals surface area contributed by atoms with Crippen LogP contribution in [-0.2, 0) is 4.74 Å². The number of carbonyl (C=O) groups is 3. The molecule has 0 aromatic heterocycles. The first-order valence-electron chi connectivity index (χ1n) is 12.2. The van der Waals surface area contributed by atoms with Crippen molar-refractivity contribution in [3.05, 3.63) is 63.2 Å². The summed E-state index contributed by atoms with van der Waals surface area (Å²) in [5.74, 6) is -2.30. The number of amides is 2. The van der Waals surface area contributed by atoms with Crippen molar-refractivity contribution < 1.29 is 52.5 Å². The molecule has 2 amide bonds. The maximum Gasteiger partial charge on any atom is 0.341 e. The summed E-state index contributed by atoms with van der Waals surface area (Å²) in [7, 11) is 8.95. The summed E-state index contributed by atoms with van der Waals surface area (Å²) in [6.07, 6.45) is 0. The Morgan fingerprint density at radius 3 is 1.37 bits per heavy atom. The third-order valence-corrected chi connectivity index (χ3v) is 6.07. The van der Waals surface area contributed by atoms with E-state index >= 15 is 0 Å². The predicted molar refractivity (Wildman–Crippen MR) is 153 cm³/mol. The first-order chi connectivity index (χ1) is 20.6. The minimum atomic E-state index is -0.839. The highest BCUT2D eigenvalue weighted by Crippen LogP contribution is 2.39. The van der Waals surface area contributed by atoms with Gasteiger partial charge in [0.15, 0.2) is 11.5 Å². The standard InChI is InChI=1S/C28H29N3O12/c1-37-14-8-17(26(32)30-21-12-15(38-2)10-19(24(21)41-5)28(34)43-7)23(40-4)20(11-14)29-27(33)18-9-16(39-3)13-22(31(35)36)25(18)42-6/h8-13H,1-7H3,(H,29,33)(H,30,32). The highest BCUT2D eigenvalue weighted by molar-refractivity contribution is 6.12. The van der Waals surface area contributed by atoms with Gasteiger partial charge < -0.3 is 43.8 Å². The van der Waals surface area contributed by atoms with Crippen LogP contribution in [0, 0.1) is 10.1 Å². The topological polar surface area (TPSA) is 183 Å². The number of hydrogen-bond donors (Lipinski definition) is 2. The quantitative estimate of drug-likeness (QED) is 0.174. The fraction of sp³-hybridized carbons (Fsp3) is 0.250. The van der Waals surface area contributed by atoms with Gasteiger partial charge >= 0.3 is 11.7 Å². The number of nitro benzene ring substituents is 1. The number of hydrogen-bond acceptors (Lipinski definition) is 12. The molecule has 0 unspecified atom stereocenters. The van der Waals surface area contributed by atoms with Gasteiger partial charge in [0.05, 0.1) is 83.3 Å². The number of nitro groups is 1. The molecule has 0 fully saturated rings. The van der Waals surface area contributed by atoms with E-state index in [0.29, 0.717) is 0 Å². The fourth-order valence-electron chi connectivity index (χ4n) is 4.10. The number of nitrogens with zero attached hydrogens (tertiary/aromatic N) is 1. The number of anilines is 2. The highest BCUT2D eigenvalue weighted by atomic mass is 16.6. The predicted octanol–water partition coefficient (Wildman–Crippen LogP) is 3.94. The van der Waals surface area contributed by atoms with Gasteiger partial charge in [-0.05, 0) is 18.2 Å². The molecule has 0 spiro atoms. The van der Waals surface area contributed by atoms with Crippen LogP contribution in [0.5, 0.6) is 34.5 Å². The fourth-order valence-corrected chi connectivity index (χ4v) is 4.10. The summed E-state index contributed by atoms with van der Waals surface area (Å²) in [4.78, 5) is 50.3. The lowest BCUT2D eigenvalue weighted by Crippen LogP contribution is -2.18. The minimum Gasteiger partial charge on any atom is -0.497 e. The van der Waals surface area contributed by atoms with Crippen LogP contribution >= 0.6 is 0 Å². The Morgan fingerprint density at radius 2 is 0.977 bits per heavy atom. The van der Waals surface area contributed by atoms with Gasteiger partial charge in [0.2, 0.25) is 5.75 Å². The number of methoxy groups -OCH3 is 7. The summed E-state index contributed by atoms with van der Waals surface area (Å²) in [5.41, 5.74) is -0.769. The van der Waals surface area contributed by atoms with E-state index in [0.717, 1.165) is 6.07 Å². The zero-order valence-electron chi connectivity index (χ0n) is 24.3. The van der Waals surface area contributed by atoms with Crippen molar-refractivity contribution in [2.24, 2.45) is 0 Å². The lowest BCUT2D eigenvalue weighted by Gasteiger charge is -2.18. The zero-order valence-corrected chi connectivity index (χ0v) is 24.3. The molecule has 15 nitrogen and oxygen atoms in total. The Morgan fingerprint density at radius 1 is 0.581 bits per heavy atom. The lowest BCUT2D eigenvalue weighted by molar-refractivity contribution is -0.385. The Hall–Kier alpha value is -5.73. The molecule has 0 bridgehead atoms. The van der Waals surface area contributed by atoms with Crippen molar-refractivity contribution in [3.63, 3.8) is 0 Å². The maximum atomic E-state index is 13.6. The third kappa shape index (κ3) is 6.61. The van der Waals surface area contributed by atoms with Crippen LogP contribution in [0.1, 0.15) is 31.1 Å². The number of rotatable bonds is 12. The van der Waals surface area contributed by atoms with Crippen molar-refractivity contribution in [1.82, 2.24) is 0 Å². The average molecular weight is 600 g/mol. The number of nitrogens with one attached hydrogen (secondary N) is 2. The molecule has 0 aliphatic carbocycles. The molecule has 0 radical (unpaired) electrons. The summed E-state index contributed by atoms with van der Waals surface area (Å²) < 4.78 is 36.5. The van der Waals surface area contributed by atoms with E-state index in [2.05, 4.69) is 10.6 Å². The molecule has 2 N–H and O–H groups in total. The molecule has 43 heavy (non-hydrogen) atoms. The Kier molecular flexibility index (Phi) is 10.2. The molecule has 3 rings (SSSR count). The molecule has 0 saturated carbocycles. The molecular weight excluding hydrogens is 570 g/mol. The zero-order chi connectivity index (χ0) is 31.8. The molecule has 15 heteroatoms. The van der Waals surface area contributed by atoms with Gasteiger partial charge in [-0.15, -0.1) is 0 Å². The summed E-state index contributed by atoms with van der Waals surface area (Å²) in [6.45, 7) is 0. The lowest BCUT2D eigenvalue weighted by atomic mass is 10.1. The number of carbonyl (C=O) groups excluding carboxylic acids is 3. The minimum absolute atomic E-state index is 0.00287. The van der Waals surface area contributed by atoms with E-state index in [1.54, 1.807) is 0 Å². The van der Waals surface area contributed by atoms with Crippen LogP contribution in [0.2, 0.25) is 0 Å². The molecule has 0 saturated heterocycles.